The Morgan fingerprint density at radius 2 is 1.68 bits per heavy atom. The van der Waals surface area contributed by atoms with Crippen LogP contribution >= 0.6 is 0 Å². The van der Waals surface area contributed by atoms with Crippen molar-refractivity contribution in [3.05, 3.63) is 95.1 Å². The molecule has 0 aliphatic heterocycles. The van der Waals surface area contributed by atoms with Crippen molar-refractivity contribution in [2.75, 3.05) is 19.0 Å². The SMILES string of the molecule is Cc1ccc(C(=O)O)c(Oc2nc(Oc3cc(-c4cccc(CN)c4)cc(N(C)C)c3)c(F)cc2F)c1. The van der Waals surface area contributed by atoms with E-state index in [4.69, 9.17) is 15.2 Å². The fraction of sp³-hybridized carbons (Fsp3) is 0.143. The molecule has 0 spiro atoms. The Balaban J connectivity index is 1.73. The Kier molecular flexibility index (Phi) is 7.35. The van der Waals surface area contributed by atoms with Crippen molar-refractivity contribution in [1.29, 1.82) is 0 Å². The highest BCUT2D eigenvalue weighted by molar-refractivity contribution is 5.91. The molecule has 9 heteroatoms. The number of hydrogen-bond acceptors (Lipinski definition) is 6. The molecule has 0 fully saturated rings. The van der Waals surface area contributed by atoms with Gasteiger partial charge in [0.25, 0.3) is 11.8 Å². The number of benzene rings is 3. The Bertz CT molecular complexity index is 1470. The van der Waals surface area contributed by atoms with Gasteiger partial charge in [-0.2, -0.15) is 4.98 Å². The highest BCUT2D eigenvalue weighted by Crippen LogP contribution is 2.35. The summed E-state index contributed by atoms with van der Waals surface area (Å²) in [6, 6.07) is 17.9. The Labute approximate surface area is 212 Å². The van der Waals surface area contributed by atoms with Crippen LogP contribution < -0.4 is 20.1 Å². The summed E-state index contributed by atoms with van der Waals surface area (Å²) in [4.78, 5) is 17.3. The highest BCUT2D eigenvalue weighted by Gasteiger charge is 2.20. The topological polar surface area (TPSA) is 97.9 Å². The molecule has 0 bridgehead atoms. The molecule has 0 aliphatic rings. The molecular weight excluding hydrogens is 480 g/mol. The van der Waals surface area contributed by atoms with Crippen LogP contribution in [0.15, 0.2) is 66.7 Å². The first-order valence-corrected chi connectivity index (χ1v) is 11.3. The number of carboxylic acid groups (broad SMARTS) is 1. The second kappa shape index (κ2) is 10.6. The van der Waals surface area contributed by atoms with Gasteiger partial charge >= 0.3 is 5.97 Å². The fourth-order valence-corrected chi connectivity index (χ4v) is 3.63. The molecule has 0 radical (unpaired) electrons. The molecule has 7 nitrogen and oxygen atoms in total. The lowest BCUT2D eigenvalue weighted by molar-refractivity contribution is 0.0694. The van der Waals surface area contributed by atoms with Gasteiger partial charge in [0.15, 0.2) is 11.6 Å². The minimum absolute atomic E-state index is 0.131. The first kappa shape index (κ1) is 25.6. The van der Waals surface area contributed by atoms with Crippen molar-refractivity contribution < 1.29 is 28.2 Å². The summed E-state index contributed by atoms with van der Waals surface area (Å²) in [5.41, 5.74) is 9.67. The van der Waals surface area contributed by atoms with Crippen LogP contribution in [0.25, 0.3) is 11.1 Å². The van der Waals surface area contributed by atoms with Gasteiger partial charge in [0, 0.05) is 38.5 Å². The van der Waals surface area contributed by atoms with E-state index in [2.05, 4.69) is 4.98 Å². The molecule has 1 aromatic heterocycles. The standard InChI is InChI=1S/C28H25F2N3O4/c1-16-7-8-22(28(34)35)25(9-16)37-27-24(30)14-23(29)26(32-27)36-21-12-19(11-20(13-21)33(2)3)18-6-4-5-17(10-18)15-31/h4-14H,15,31H2,1-3H3,(H,34,35). The van der Waals surface area contributed by atoms with Crippen LogP contribution in [0, 0.1) is 18.6 Å². The molecule has 4 aromatic rings. The quantitative estimate of drug-likeness (QED) is 0.297. The van der Waals surface area contributed by atoms with E-state index in [0.29, 0.717) is 18.2 Å². The zero-order valence-electron chi connectivity index (χ0n) is 20.5. The van der Waals surface area contributed by atoms with Crippen molar-refractivity contribution in [2.45, 2.75) is 13.5 Å². The lowest BCUT2D eigenvalue weighted by Gasteiger charge is -2.17. The second-order valence-electron chi connectivity index (χ2n) is 8.59. The normalized spacial score (nSPS) is 10.8. The zero-order chi connectivity index (χ0) is 26.7. The van der Waals surface area contributed by atoms with Crippen LogP contribution in [0.1, 0.15) is 21.5 Å². The number of carbonyl (C=O) groups is 1. The van der Waals surface area contributed by atoms with Crippen LogP contribution in [0.2, 0.25) is 0 Å². The number of nitrogens with two attached hydrogens (primary N) is 1. The van der Waals surface area contributed by atoms with E-state index < -0.39 is 29.4 Å². The van der Waals surface area contributed by atoms with Gasteiger partial charge in [-0.25, -0.2) is 13.6 Å². The summed E-state index contributed by atoms with van der Waals surface area (Å²) in [5, 5.41) is 9.43. The summed E-state index contributed by atoms with van der Waals surface area (Å²) >= 11 is 0. The number of anilines is 1. The molecule has 0 amide bonds. The van der Waals surface area contributed by atoms with Gasteiger partial charge in [-0.05, 0) is 59.5 Å². The molecular formula is C28H25F2N3O4. The van der Waals surface area contributed by atoms with E-state index in [0.717, 1.165) is 22.4 Å². The molecule has 0 aliphatic carbocycles. The number of carboxylic acids is 1. The maximum Gasteiger partial charge on any atom is 0.339 e. The molecule has 0 saturated heterocycles. The van der Waals surface area contributed by atoms with Crippen molar-refractivity contribution in [3.8, 4) is 34.4 Å². The van der Waals surface area contributed by atoms with E-state index in [1.54, 1.807) is 25.1 Å². The van der Waals surface area contributed by atoms with Crippen LogP contribution in [-0.2, 0) is 6.54 Å². The number of nitrogens with zero attached hydrogens (tertiary/aromatic N) is 2. The summed E-state index contributed by atoms with van der Waals surface area (Å²) in [6.45, 7) is 2.10. The average Bonchev–Trinajstić information content (AvgIpc) is 2.86. The summed E-state index contributed by atoms with van der Waals surface area (Å²) < 4.78 is 40.5. The Hall–Kier alpha value is -4.50. The van der Waals surface area contributed by atoms with Gasteiger partial charge in [0.05, 0.1) is 0 Å². The van der Waals surface area contributed by atoms with Crippen LogP contribution in [0.5, 0.6) is 23.3 Å². The van der Waals surface area contributed by atoms with Gasteiger partial charge in [0.1, 0.15) is 17.1 Å². The fourth-order valence-electron chi connectivity index (χ4n) is 3.63. The minimum atomic E-state index is -1.26. The first-order valence-electron chi connectivity index (χ1n) is 11.3. The Morgan fingerprint density at radius 1 is 0.946 bits per heavy atom. The molecule has 190 valence electrons. The van der Waals surface area contributed by atoms with Crippen LogP contribution in [0.4, 0.5) is 14.5 Å². The largest absolute Gasteiger partial charge is 0.478 e. The number of hydrogen-bond donors (Lipinski definition) is 2. The maximum absolute atomic E-state index is 14.7. The van der Waals surface area contributed by atoms with Crippen molar-refractivity contribution in [2.24, 2.45) is 5.73 Å². The van der Waals surface area contributed by atoms with Gasteiger partial charge in [0.2, 0.25) is 0 Å². The van der Waals surface area contributed by atoms with Gasteiger partial charge in [-0.3, -0.25) is 0 Å². The lowest BCUT2D eigenvalue weighted by Crippen LogP contribution is -2.09. The Morgan fingerprint density at radius 3 is 2.35 bits per heavy atom. The number of rotatable bonds is 8. The average molecular weight is 506 g/mol. The lowest BCUT2D eigenvalue weighted by atomic mass is 10.0. The number of ether oxygens (including phenoxy) is 2. The van der Waals surface area contributed by atoms with E-state index in [1.807, 2.05) is 49.3 Å². The summed E-state index contributed by atoms with van der Waals surface area (Å²) in [6.07, 6.45) is 0. The third-order valence-electron chi connectivity index (χ3n) is 5.56. The van der Waals surface area contributed by atoms with Crippen molar-refractivity contribution in [1.82, 2.24) is 4.98 Å². The number of aryl methyl sites for hydroxylation is 1. The number of aromatic carboxylic acids is 1. The molecule has 1 heterocycles. The monoisotopic (exact) mass is 505 g/mol. The third-order valence-corrected chi connectivity index (χ3v) is 5.56. The first-order chi connectivity index (χ1) is 17.6. The molecule has 0 unspecified atom stereocenters. The van der Waals surface area contributed by atoms with Crippen molar-refractivity contribution >= 4 is 11.7 Å². The van der Waals surface area contributed by atoms with Gasteiger partial charge in [-0.15, -0.1) is 0 Å². The van der Waals surface area contributed by atoms with Gasteiger partial charge < -0.3 is 25.2 Å². The molecule has 3 aromatic carbocycles. The third kappa shape index (κ3) is 5.84. The van der Waals surface area contributed by atoms with Crippen LogP contribution in [0.3, 0.4) is 0 Å². The second-order valence-corrected chi connectivity index (χ2v) is 8.59. The summed E-state index contributed by atoms with van der Waals surface area (Å²) in [7, 11) is 3.70. The molecule has 3 N–H and O–H groups in total. The minimum Gasteiger partial charge on any atom is -0.478 e. The predicted octanol–water partition coefficient (Wildman–Crippen LogP) is 6.14. The smallest absolute Gasteiger partial charge is 0.339 e. The molecule has 37 heavy (non-hydrogen) atoms. The zero-order valence-corrected chi connectivity index (χ0v) is 20.5. The number of pyridine rings is 1. The predicted molar refractivity (Wildman–Crippen MR) is 137 cm³/mol. The summed E-state index contributed by atoms with van der Waals surface area (Å²) in [5.74, 6) is -4.44. The van der Waals surface area contributed by atoms with E-state index >= 15 is 0 Å². The molecule has 4 rings (SSSR count). The van der Waals surface area contributed by atoms with E-state index in [1.165, 1.54) is 12.1 Å². The van der Waals surface area contributed by atoms with Crippen molar-refractivity contribution in [3.63, 3.8) is 0 Å². The molecule has 0 atom stereocenters. The highest BCUT2D eigenvalue weighted by atomic mass is 19.1. The van der Waals surface area contributed by atoms with E-state index in [9.17, 15) is 18.7 Å². The van der Waals surface area contributed by atoms with E-state index in [-0.39, 0.29) is 17.1 Å². The maximum atomic E-state index is 14.7. The number of halogens is 2. The molecule has 0 saturated carbocycles. The van der Waals surface area contributed by atoms with Crippen LogP contribution in [-0.4, -0.2) is 30.2 Å². The number of aromatic nitrogens is 1. The van der Waals surface area contributed by atoms with Gasteiger partial charge in [-0.1, -0.05) is 24.3 Å².